The number of carbonyl (C=O) groups is 4. The number of esters is 2. The van der Waals surface area contributed by atoms with Crippen LogP contribution in [0.4, 0.5) is 10.1 Å². The Hall–Kier alpha value is -2.39. The van der Waals surface area contributed by atoms with Crippen LogP contribution in [0.2, 0.25) is 5.02 Å². The van der Waals surface area contributed by atoms with Crippen molar-refractivity contribution in [2.45, 2.75) is 75.9 Å². The molecule has 0 saturated carbocycles. The summed E-state index contributed by atoms with van der Waals surface area (Å²) >= 11 is 7.18. The molecule has 1 aromatic carbocycles. The van der Waals surface area contributed by atoms with Crippen molar-refractivity contribution in [1.82, 2.24) is 0 Å². The first-order chi connectivity index (χ1) is 16.6. The topological polar surface area (TPSA) is 90.0 Å². The van der Waals surface area contributed by atoms with Crippen molar-refractivity contribution >= 4 is 52.8 Å². The normalized spacial score (nSPS) is 14.3. The highest BCUT2D eigenvalue weighted by molar-refractivity contribution is 8.00. The van der Waals surface area contributed by atoms with Crippen LogP contribution in [-0.2, 0) is 28.7 Å². The third-order valence-electron chi connectivity index (χ3n) is 5.55. The van der Waals surface area contributed by atoms with Crippen molar-refractivity contribution in [1.29, 1.82) is 0 Å². The van der Waals surface area contributed by atoms with Crippen LogP contribution in [0.5, 0.6) is 0 Å². The number of imide groups is 1. The van der Waals surface area contributed by atoms with Gasteiger partial charge in [-0.1, -0.05) is 31.4 Å². The van der Waals surface area contributed by atoms with Gasteiger partial charge in [-0.3, -0.25) is 14.4 Å². The number of rotatable bonds is 10. The van der Waals surface area contributed by atoms with Crippen LogP contribution in [0.25, 0.3) is 0 Å². The van der Waals surface area contributed by atoms with Gasteiger partial charge < -0.3 is 9.47 Å². The minimum Gasteiger partial charge on any atom is -0.468 e. The molecule has 7 nitrogen and oxygen atoms in total. The van der Waals surface area contributed by atoms with E-state index in [0.29, 0.717) is 29.1 Å². The van der Waals surface area contributed by atoms with Crippen molar-refractivity contribution in [2.75, 3.05) is 18.6 Å². The first-order valence-corrected chi connectivity index (χ1v) is 12.9. The number of hydrogen-bond donors (Lipinski definition) is 0. The third kappa shape index (κ3) is 7.54. The minimum atomic E-state index is -0.881. The van der Waals surface area contributed by atoms with Crippen molar-refractivity contribution < 1.29 is 33.0 Å². The van der Waals surface area contributed by atoms with E-state index in [4.69, 9.17) is 21.1 Å². The van der Waals surface area contributed by atoms with Gasteiger partial charge in [0.05, 0.1) is 24.4 Å². The predicted molar refractivity (Wildman–Crippen MR) is 133 cm³/mol. The van der Waals surface area contributed by atoms with Gasteiger partial charge in [-0.25, -0.2) is 14.1 Å². The number of hydrogen-bond acceptors (Lipinski definition) is 7. The fourth-order valence-corrected chi connectivity index (χ4v) is 4.92. The molecule has 0 aromatic heterocycles. The van der Waals surface area contributed by atoms with Crippen molar-refractivity contribution in [3.8, 4) is 0 Å². The van der Waals surface area contributed by atoms with Gasteiger partial charge in [-0.2, -0.15) is 0 Å². The number of nitrogens with zero attached hydrogens (tertiary/aromatic N) is 1. The molecule has 0 saturated heterocycles. The van der Waals surface area contributed by atoms with E-state index in [1.807, 2.05) is 6.92 Å². The van der Waals surface area contributed by atoms with Crippen LogP contribution < -0.4 is 4.90 Å². The molecule has 2 rings (SSSR count). The smallest absolute Gasteiger partial charge is 0.334 e. The molecule has 10 heteroatoms. The van der Waals surface area contributed by atoms with Crippen molar-refractivity contribution in [3.05, 3.63) is 34.1 Å². The number of benzene rings is 1. The molecule has 0 N–H and O–H groups in total. The van der Waals surface area contributed by atoms with Gasteiger partial charge >= 0.3 is 11.9 Å². The van der Waals surface area contributed by atoms with Crippen LogP contribution in [0.15, 0.2) is 28.2 Å². The Morgan fingerprint density at radius 2 is 1.80 bits per heavy atom. The second kappa shape index (κ2) is 13.6. The number of unbranched alkanes of at least 4 members (excludes halogenated alkanes) is 2. The Labute approximate surface area is 214 Å². The molecule has 1 aromatic rings. The van der Waals surface area contributed by atoms with E-state index in [-0.39, 0.29) is 34.9 Å². The highest BCUT2D eigenvalue weighted by Gasteiger charge is 2.32. The van der Waals surface area contributed by atoms with Crippen LogP contribution in [0.1, 0.15) is 65.7 Å². The van der Waals surface area contributed by atoms with E-state index in [9.17, 15) is 23.6 Å². The maximum absolute atomic E-state index is 15.0. The van der Waals surface area contributed by atoms with Gasteiger partial charge in [0, 0.05) is 23.0 Å². The molecule has 0 aliphatic heterocycles. The van der Waals surface area contributed by atoms with E-state index >= 15 is 0 Å². The number of halogens is 2. The Kier molecular flexibility index (Phi) is 11.2. The van der Waals surface area contributed by atoms with Crippen LogP contribution in [0, 0.1) is 5.82 Å². The molecule has 0 fully saturated rings. The van der Waals surface area contributed by atoms with Crippen LogP contribution in [0.3, 0.4) is 0 Å². The lowest BCUT2D eigenvalue weighted by molar-refractivity contribution is -0.140. The molecule has 192 valence electrons. The van der Waals surface area contributed by atoms with Gasteiger partial charge in [0.25, 0.3) is 5.91 Å². The number of methoxy groups -OCH3 is 1. The van der Waals surface area contributed by atoms with E-state index in [0.717, 1.165) is 44.0 Å². The standard InChI is InChI=1S/C25H31ClFNO6S/c1-5-6-9-12-34-25(32)18-11-8-7-10-17(18)23(30)28(16(3)29)21-14-22(19(26)13-20(21)27)35-15(2)24(31)33-4/h13-15H,5-12H2,1-4H3. The average Bonchev–Trinajstić information content (AvgIpc) is 2.83. The Bertz CT molecular complexity index is 1010. The number of thioether (sulfide) groups is 1. The molecule has 0 heterocycles. The lowest BCUT2D eigenvalue weighted by Gasteiger charge is -2.26. The van der Waals surface area contributed by atoms with Crippen molar-refractivity contribution in [2.24, 2.45) is 0 Å². The first kappa shape index (κ1) is 28.8. The van der Waals surface area contributed by atoms with Crippen LogP contribution >= 0.6 is 23.4 Å². The summed E-state index contributed by atoms with van der Waals surface area (Å²) in [4.78, 5) is 51.6. The monoisotopic (exact) mass is 527 g/mol. The minimum absolute atomic E-state index is 0.0242. The fourth-order valence-electron chi connectivity index (χ4n) is 3.71. The number of amides is 2. The van der Waals surface area contributed by atoms with Gasteiger partial charge in [-0.15, -0.1) is 11.8 Å². The molecular weight excluding hydrogens is 497 g/mol. The lowest BCUT2D eigenvalue weighted by atomic mass is 9.90. The second-order valence-corrected chi connectivity index (χ2v) is 9.97. The Balaban J connectivity index is 2.43. The van der Waals surface area contributed by atoms with Gasteiger partial charge in [-0.05, 0) is 51.2 Å². The van der Waals surface area contributed by atoms with Gasteiger partial charge in [0.15, 0.2) is 0 Å². The first-order valence-electron chi connectivity index (χ1n) is 11.6. The molecule has 1 aliphatic rings. The highest BCUT2D eigenvalue weighted by Crippen LogP contribution is 2.37. The molecule has 0 bridgehead atoms. The van der Waals surface area contributed by atoms with Crippen molar-refractivity contribution in [3.63, 3.8) is 0 Å². The number of anilines is 1. The number of carbonyl (C=O) groups excluding carboxylic acids is 4. The lowest BCUT2D eigenvalue weighted by Crippen LogP contribution is -2.38. The number of ether oxygens (including phenoxy) is 2. The Morgan fingerprint density at radius 3 is 2.40 bits per heavy atom. The van der Waals surface area contributed by atoms with E-state index < -0.39 is 34.8 Å². The highest BCUT2D eigenvalue weighted by atomic mass is 35.5. The maximum Gasteiger partial charge on any atom is 0.334 e. The predicted octanol–water partition coefficient (Wildman–Crippen LogP) is 5.62. The molecule has 35 heavy (non-hydrogen) atoms. The largest absolute Gasteiger partial charge is 0.468 e. The summed E-state index contributed by atoms with van der Waals surface area (Å²) in [5.41, 5.74) is 0.0749. The maximum atomic E-state index is 15.0. The average molecular weight is 528 g/mol. The molecule has 0 radical (unpaired) electrons. The summed E-state index contributed by atoms with van der Waals surface area (Å²) < 4.78 is 25.1. The summed E-state index contributed by atoms with van der Waals surface area (Å²) in [7, 11) is 1.25. The Morgan fingerprint density at radius 1 is 1.14 bits per heavy atom. The van der Waals surface area contributed by atoms with Gasteiger partial charge in [0.1, 0.15) is 11.1 Å². The molecule has 1 unspecified atom stereocenters. The van der Waals surface area contributed by atoms with Crippen LogP contribution in [-0.4, -0.2) is 42.7 Å². The zero-order valence-electron chi connectivity index (χ0n) is 20.4. The van der Waals surface area contributed by atoms with E-state index in [2.05, 4.69) is 0 Å². The van der Waals surface area contributed by atoms with E-state index in [1.54, 1.807) is 6.92 Å². The summed E-state index contributed by atoms with van der Waals surface area (Å²) in [6.07, 6.45) is 4.60. The summed E-state index contributed by atoms with van der Waals surface area (Å²) in [6.45, 7) is 5.02. The summed E-state index contributed by atoms with van der Waals surface area (Å²) in [5, 5.41) is -0.636. The second-order valence-electron chi connectivity index (χ2n) is 8.18. The zero-order valence-corrected chi connectivity index (χ0v) is 22.0. The SMILES string of the molecule is CCCCCOC(=O)C1=C(C(=O)N(C(C)=O)c2cc(SC(C)C(=O)OC)c(Cl)cc2F)CCCC1. The molecule has 1 atom stereocenters. The fraction of sp³-hybridized carbons (Fsp3) is 0.520. The molecule has 2 amide bonds. The molecule has 1 aliphatic carbocycles. The summed E-state index contributed by atoms with van der Waals surface area (Å²) in [5.74, 6) is -3.45. The quantitative estimate of drug-likeness (QED) is 0.222. The molecular formula is C25H31ClFNO6S. The zero-order chi connectivity index (χ0) is 26.1. The van der Waals surface area contributed by atoms with Gasteiger partial charge in [0.2, 0.25) is 5.91 Å². The third-order valence-corrected chi connectivity index (χ3v) is 7.11. The van der Waals surface area contributed by atoms with E-state index in [1.165, 1.54) is 13.2 Å². The molecule has 0 spiro atoms. The summed E-state index contributed by atoms with van der Waals surface area (Å²) in [6, 6.07) is 2.25.